The van der Waals surface area contributed by atoms with Gasteiger partial charge in [-0.3, -0.25) is 5.10 Å². The lowest BCUT2D eigenvalue weighted by atomic mass is 9.83. The molecule has 1 aromatic carbocycles. The van der Waals surface area contributed by atoms with E-state index < -0.39 is 17.8 Å². The molecule has 1 aliphatic heterocycles. The molecule has 0 radical (unpaired) electrons. The second-order valence-electron chi connectivity index (χ2n) is 5.69. The number of benzene rings is 1. The average Bonchev–Trinajstić information content (AvgIpc) is 3.09. The summed E-state index contributed by atoms with van der Waals surface area (Å²) in [5.74, 6) is -1.26. The van der Waals surface area contributed by atoms with Gasteiger partial charge in [-0.1, -0.05) is 0 Å². The Hall–Kier alpha value is -3.55. The smallest absolute Gasteiger partial charge is 0.433 e. The molecule has 1 atom stereocenters. The highest BCUT2D eigenvalue weighted by molar-refractivity contribution is 5.62. The Labute approximate surface area is 157 Å². The minimum atomic E-state index is -4.77. The van der Waals surface area contributed by atoms with Crippen LogP contribution < -0.4 is 24.7 Å². The van der Waals surface area contributed by atoms with E-state index in [9.17, 15) is 18.4 Å². The number of nitrogens with two attached hydrogens (primary N) is 1. The van der Waals surface area contributed by atoms with Crippen molar-refractivity contribution in [3.05, 3.63) is 40.4 Å². The zero-order valence-corrected chi connectivity index (χ0v) is 15.0. The van der Waals surface area contributed by atoms with E-state index >= 15 is 0 Å². The van der Waals surface area contributed by atoms with Gasteiger partial charge < -0.3 is 24.7 Å². The fraction of sp³-hybridized carbons (Fsp3) is 0.294. The summed E-state index contributed by atoms with van der Waals surface area (Å²) in [6.07, 6.45) is -4.77. The number of alkyl halides is 3. The number of nitrogens with one attached hydrogen (secondary N) is 1. The van der Waals surface area contributed by atoms with Gasteiger partial charge in [-0.15, -0.1) is 5.10 Å². The fourth-order valence-electron chi connectivity index (χ4n) is 3.05. The third-order valence-corrected chi connectivity index (χ3v) is 4.27. The van der Waals surface area contributed by atoms with Gasteiger partial charge in [0.1, 0.15) is 23.1 Å². The number of hydrogen-bond donors (Lipinski definition) is 2. The SMILES string of the molecule is COc1cc(OC)c([C@@H]2C(C#N)=C(N)Oc3n[nH]c(C(F)(F)F)c32)cc1OC. The molecule has 0 spiro atoms. The number of allylic oxidation sites excluding steroid dienone is 1. The van der Waals surface area contributed by atoms with Crippen LogP contribution in [-0.4, -0.2) is 31.5 Å². The molecule has 0 aliphatic carbocycles. The number of H-pyrrole nitrogens is 1. The second kappa shape index (κ2) is 6.88. The number of hydrogen-bond acceptors (Lipinski definition) is 7. The van der Waals surface area contributed by atoms with Crippen LogP contribution in [0.4, 0.5) is 13.2 Å². The predicted octanol–water partition coefficient (Wildman–Crippen LogP) is 2.67. The molecule has 0 amide bonds. The molecule has 0 saturated carbocycles. The summed E-state index contributed by atoms with van der Waals surface area (Å²) < 4.78 is 61.5. The van der Waals surface area contributed by atoms with Gasteiger partial charge in [-0.05, 0) is 6.07 Å². The van der Waals surface area contributed by atoms with E-state index in [1.54, 1.807) is 0 Å². The number of nitrogens with zero attached hydrogens (tertiary/aromatic N) is 2. The van der Waals surface area contributed by atoms with Crippen LogP contribution >= 0.6 is 0 Å². The maximum atomic E-state index is 13.5. The molecule has 0 bridgehead atoms. The normalized spacial score (nSPS) is 16.1. The summed E-state index contributed by atoms with van der Waals surface area (Å²) in [5, 5.41) is 15.0. The van der Waals surface area contributed by atoms with Gasteiger partial charge in [0.2, 0.25) is 11.8 Å². The third-order valence-electron chi connectivity index (χ3n) is 4.27. The van der Waals surface area contributed by atoms with Gasteiger partial charge >= 0.3 is 6.18 Å². The van der Waals surface area contributed by atoms with Crippen LogP contribution in [0.1, 0.15) is 22.7 Å². The van der Waals surface area contributed by atoms with Crippen molar-refractivity contribution in [2.45, 2.75) is 12.1 Å². The lowest BCUT2D eigenvalue weighted by molar-refractivity contribution is -0.141. The minimum absolute atomic E-state index is 0.172. The largest absolute Gasteiger partial charge is 0.496 e. The van der Waals surface area contributed by atoms with Crippen molar-refractivity contribution in [3.63, 3.8) is 0 Å². The van der Waals surface area contributed by atoms with E-state index in [2.05, 4.69) is 5.10 Å². The molecule has 3 rings (SSSR count). The Kier molecular flexibility index (Phi) is 4.72. The summed E-state index contributed by atoms with van der Waals surface area (Å²) in [6, 6.07) is 4.69. The molecule has 0 fully saturated rings. The second-order valence-corrected chi connectivity index (χ2v) is 5.69. The molecule has 8 nitrogen and oxygen atoms in total. The van der Waals surface area contributed by atoms with Crippen molar-refractivity contribution in [2.75, 3.05) is 21.3 Å². The molecule has 1 aromatic heterocycles. The van der Waals surface area contributed by atoms with Gasteiger partial charge in [0, 0.05) is 11.6 Å². The zero-order chi connectivity index (χ0) is 20.6. The molecule has 3 N–H and O–H groups in total. The zero-order valence-electron chi connectivity index (χ0n) is 15.0. The molecule has 2 aromatic rings. The van der Waals surface area contributed by atoms with Crippen LogP contribution in [0, 0.1) is 11.3 Å². The van der Waals surface area contributed by atoms with Crippen molar-refractivity contribution >= 4 is 0 Å². The van der Waals surface area contributed by atoms with Crippen molar-refractivity contribution < 1.29 is 32.1 Å². The summed E-state index contributed by atoms with van der Waals surface area (Å²) in [5.41, 5.74) is 4.24. The van der Waals surface area contributed by atoms with Gasteiger partial charge in [-0.25, -0.2) is 0 Å². The minimum Gasteiger partial charge on any atom is -0.496 e. The Bertz CT molecular complexity index is 992. The predicted molar refractivity (Wildman–Crippen MR) is 89.0 cm³/mol. The quantitative estimate of drug-likeness (QED) is 0.816. The van der Waals surface area contributed by atoms with Gasteiger partial charge in [0.15, 0.2) is 11.5 Å². The molecule has 0 saturated heterocycles. The Morgan fingerprint density at radius 1 is 1.14 bits per heavy atom. The van der Waals surface area contributed by atoms with Crippen LogP contribution in [0.15, 0.2) is 23.6 Å². The lowest BCUT2D eigenvalue weighted by Gasteiger charge is -2.26. The van der Waals surface area contributed by atoms with Gasteiger partial charge in [-0.2, -0.15) is 18.4 Å². The van der Waals surface area contributed by atoms with Crippen molar-refractivity contribution in [1.29, 1.82) is 5.26 Å². The van der Waals surface area contributed by atoms with Crippen LogP contribution in [0.2, 0.25) is 0 Å². The molecule has 28 heavy (non-hydrogen) atoms. The molecular weight excluding hydrogens is 381 g/mol. The van der Waals surface area contributed by atoms with E-state index in [0.717, 1.165) is 0 Å². The molecule has 1 aliphatic rings. The van der Waals surface area contributed by atoms with E-state index in [0.29, 0.717) is 5.75 Å². The molecule has 2 heterocycles. The van der Waals surface area contributed by atoms with E-state index in [4.69, 9.17) is 24.7 Å². The maximum absolute atomic E-state index is 13.5. The van der Waals surface area contributed by atoms with Gasteiger partial charge in [0.25, 0.3) is 0 Å². The number of aromatic amines is 1. The van der Waals surface area contributed by atoms with Crippen molar-refractivity contribution in [1.82, 2.24) is 10.2 Å². The Morgan fingerprint density at radius 2 is 1.75 bits per heavy atom. The maximum Gasteiger partial charge on any atom is 0.433 e. The average molecular weight is 396 g/mol. The molecule has 148 valence electrons. The number of aromatic nitrogens is 2. The first kappa shape index (κ1) is 19.2. The summed E-state index contributed by atoms with van der Waals surface area (Å²) in [7, 11) is 4.11. The lowest BCUT2D eigenvalue weighted by Crippen LogP contribution is -2.23. The topological polar surface area (TPSA) is 115 Å². The summed E-state index contributed by atoms with van der Waals surface area (Å²) >= 11 is 0. The Balaban J connectivity index is 2.35. The first-order chi connectivity index (χ1) is 13.3. The number of nitriles is 1. The van der Waals surface area contributed by atoms with Crippen LogP contribution in [0.25, 0.3) is 0 Å². The summed E-state index contributed by atoms with van der Waals surface area (Å²) in [4.78, 5) is 0. The highest BCUT2D eigenvalue weighted by Gasteiger charge is 2.45. The number of rotatable bonds is 4. The van der Waals surface area contributed by atoms with E-state index in [1.807, 2.05) is 11.2 Å². The van der Waals surface area contributed by atoms with Crippen molar-refractivity contribution in [2.24, 2.45) is 5.73 Å². The van der Waals surface area contributed by atoms with Crippen LogP contribution in [0.5, 0.6) is 23.1 Å². The molecule has 11 heteroatoms. The molecule has 0 unspecified atom stereocenters. The highest BCUT2D eigenvalue weighted by Crippen LogP contribution is 2.50. The van der Waals surface area contributed by atoms with Crippen LogP contribution in [-0.2, 0) is 6.18 Å². The number of ether oxygens (including phenoxy) is 4. The number of fused-ring (bicyclic) bond motifs is 1. The molecular formula is C17H15F3N4O4. The first-order valence-electron chi connectivity index (χ1n) is 7.79. The van der Waals surface area contributed by atoms with Crippen molar-refractivity contribution in [3.8, 4) is 29.2 Å². The van der Waals surface area contributed by atoms with E-state index in [1.165, 1.54) is 33.5 Å². The van der Waals surface area contributed by atoms with Gasteiger partial charge in [0.05, 0.1) is 32.8 Å². The monoisotopic (exact) mass is 396 g/mol. The first-order valence-corrected chi connectivity index (χ1v) is 7.79. The Morgan fingerprint density at radius 3 is 2.29 bits per heavy atom. The van der Waals surface area contributed by atoms with Crippen LogP contribution in [0.3, 0.4) is 0 Å². The standard InChI is InChI=1S/C17H15F3N4O4/c1-25-9-5-11(27-3)10(26-2)4-7(9)12-8(6-21)15(22)28-16-13(12)14(23-24-16)17(18,19)20/h4-5,12H,22H2,1-3H3,(H,23,24)/t12-/m1/s1. The number of methoxy groups -OCH3 is 3. The number of halogens is 3. The fourth-order valence-corrected chi connectivity index (χ4v) is 3.05. The highest BCUT2D eigenvalue weighted by atomic mass is 19.4. The third kappa shape index (κ3) is 2.92. The summed E-state index contributed by atoms with van der Waals surface area (Å²) in [6.45, 7) is 0. The van der Waals surface area contributed by atoms with E-state index in [-0.39, 0.29) is 40.0 Å².